The highest BCUT2D eigenvalue weighted by molar-refractivity contribution is 9.10. The first-order valence-corrected chi connectivity index (χ1v) is 4.49. The summed E-state index contributed by atoms with van der Waals surface area (Å²) < 4.78 is 1.13. The number of halogens is 1. The maximum atomic E-state index is 8.89. The number of aliphatic hydroxyl groups is 1. The predicted octanol–water partition coefficient (Wildman–Crippen LogP) is 2.08. The third-order valence-electron chi connectivity index (χ3n) is 2.23. The second kappa shape index (κ2) is 2.61. The third-order valence-corrected chi connectivity index (χ3v) is 2.72. The van der Waals surface area contributed by atoms with Crippen molar-refractivity contribution in [2.24, 2.45) is 0 Å². The number of hydrogen-bond donors (Lipinski definition) is 1. The molecule has 1 unspecified atom stereocenters. The summed E-state index contributed by atoms with van der Waals surface area (Å²) in [4.78, 5) is 0. The summed E-state index contributed by atoms with van der Waals surface area (Å²) in [5, 5.41) is 8.89. The lowest BCUT2D eigenvalue weighted by Crippen LogP contribution is -2.19. The SMILES string of the molecule is OCC1Cc2cc(Br)ccc21. The molecule has 1 aromatic rings. The van der Waals surface area contributed by atoms with Crippen LogP contribution in [0.15, 0.2) is 22.7 Å². The van der Waals surface area contributed by atoms with E-state index >= 15 is 0 Å². The van der Waals surface area contributed by atoms with E-state index in [1.807, 2.05) is 6.07 Å². The summed E-state index contributed by atoms with van der Waals surface area (Å²) in [5.74, 6) is 0.401. The maximum Gasteiger partial charge on any atom is 0.0503 e. The van der Waals surface area contributed by atoms with Crippen molar-refractivity contribution in [2.45, 2.75) is 12.3 Å². The molecule has 0 fully saturated rings. The minimum atomic E-state index is 0.286. The second-order valence-electron chi connectivity index (χ2n) is 2.93. The van der Waals surface area contributed by atoms with Crippen LogP contribution in [-0.4, -0.2) is 11.7 Å². The molecule has 58 valence electrons. The van der Waals surface area contributed by atoms with Crippen LogP contribution in [0.25, 0.3) is 0 Å². The smallest absolute Gasteiger partial charge is 0.0503 e. The molecule has 1 aromatic carbocycles. The maximum absolute atomic E-state index is 8.89. The molecule has 1 aliphatic rings. The van der Waals surface area contributed by atoms with Crippen molar-refractivity contribution in [3.8, 4) is 0 Å². The van der Waals surface area contributed by atoms with Crippen molar-refractivity contribution in [1.29, 1.82) is 0 Å². The third kappa shape index (κ3) is 1.10. The Kier molecular flexibility index (Phi) is 1.74. The molecule has 0 aliphatic heterocycles. The van der Waals surface area contributed by atoms with E-state index in [0.29, 0.717) is 5.92 Å². The van der Waals surface area contributed by atoms with Crippen molar-refractivity contribution in [1.82, 2.24) is 0 Å². The van der Waals surface area contributed by atoms with Gasteiger partial charge < -0.3 is 5.11 Å². The Balaban J connectivity index is 2.35. The van der Waals surface area contributed by atoms with Gasteiger partial charge in [0.15, 0.2) is 0 Å². The first kappa shape index (κ1) is 7.32. The summed E-state index contributed by atoms with van der Waals surface area (Å²) >= 11 is 3.41. The largest absolute Gasteiger partial charge is 0.396 e. The molecular weight excluding hydrogens is 204 g/mol. The van der Waals surface area contributed by atoms with Gasteiger partial charge in [-0.2, -0.15) is 0 Å². The molecule has 0 spiro atoms. The summed E-state index contributed by atoms with van der Waals surface area (Å²) in [7, 11) is 0. The molecule has 0 heterocycles. The molecule has 0 amide bonds. The molecule has 1 N–H and O–H groups in total. The Morgan fingerprint density at radius 3 is 3.00 bits per heavy atom. The highest BCUT2D eigenvalue weighted by Gasteiger charge is 2.24. The molecule has 0 bridgehead atoms. The van der Waals surface area contributed by atoms with E-state index < -0.39 is 0 Å². The summed E-state index contributed by atoms with van der Waals surface area (Å²) in [6.45, 7) is 0.286. The van der Waals surface area contributed by atoms with Gasteiger partial charge >= 0.3 is 0 Å². The lowest BCUT2D eigenvalue weighted by molar-refractivity contribution is 0.253. The molecule has 0 radical (unpaired) electrons. The standard InChI is InChI=1S/C9H9BrO/c10-8-1-2-9-6(4-8)3-7(9)5-11/h1-2,4,7,11H,3,5H2. The van der Waals surface area contributed by atoms with E-state index in [1.54, 1.807) is 0 Å². The van der Waals surface area contributed by atoms with Crippen LogP contribution in [0.1, 0.15) is 17.0 Å². The van der Waals surface area contributed by atoms with Gasteiger partial charge in [-0.15, -0.1) is 0 Å². The number of fused-ring (bicyclic) bond motifs is 1. The Labute approximate surface area is 74.2 Å². The topological polar surface area (TPSA) is 20.2 Å². The van der Waals surface area contributed by atoms with Crippen LogP contribution in [0.3, 0.4) is 0 Å². The molecule has 2 heteroatoms. The van der Waals surface area contributed by atoms with Gasteiger partial charge in [-0.1, -0.05) is 22.0 Å². The minimum absolute atomic E-state index is 0.286. The second-order valence-corrected chi connectivity index (χ2v) is 3.84. The molecule has 0 aromatic heterocycles. The monoisotopic (exact) mass is 212 g/mol. The van der Waals surface area contributed by atoms with Crippen molar-refractivity contribution in [3.05, 3.63) is 33.8 Å². The van der Waals surface area contributed by atoms with E-state index in [2.05, 4.69) is 28.1 Å². The van der Waals surface area contributed by atoms with Crippen LogP contribution in [0.5, 0.6) is 0 Å². The Hall–Kier alpha value is -0.340. The number of aliphatic hydroxyl groups excluding tert-OH is 1. The predicted molar refractivity (Wildman–Crippen MR) is 47.7 cm³/mol. The van der Waals surface area contributed by atoms with Crippen LogP contribution in [0, 0.1) is 0 Å². The van der Waals surface area contributed by atoms with Crippen LogP contribution < -0.4 is 0 Å². The average Bonchev–Trinajstić information content (AvgIpc) is 1.95. The molecule has 1 nitrogen and oxygen atoms in total. The van der Waals surface area contributed by atoms with Crippen molar-refractivity contribution in [2.75, 3.05) is 6.61 Å². The van der Waals surface area contributed by atoms with Crippen molar-refractivity contribution >= 4 is 15.9 Å². The first-order valence-electron chi connectivity index (χ1n) is 3.70. The zero-order valence-electron chi connectivity index (χ0n) is 6.05. The fraction of sp³-hybridized carbons (Fsp3) is 0.333. The van der Waals surface area contributed by atoms with Gasteiger partial charge in [0.25, 0.3) is 0 Å². The Morgan fingerprint density at radius 1 is 1.55 bits per heavy atom. The molecule has 1 aliphatic carbocycles. The van der Waals surface area contributed by atoms with Gasteiger partial charge in [0.05, 0.1) is 6.61 Å². The van der Waals surface area contributed by atoms with E-state index in [1.165, 1.54) is 11.1 Å². The lowest BCUT2D eigenvalue weighted by Gasteiger charge is -2.28. The van der Waals surface area contributed by atoms with Gasteiger partial charge in [0, 0.05) is 10.4 Å². The highest BCUT2D eigenvalue weighted by atomic mass is 79.9. The van der Waals surface area contributed by atoms with Crippen molar-refractivity contribution in [3.63, 3.8) is 0 Å². The average molecular weight is 213 g/mol. The number of rotatable bonds is 1. The van der Waals surface area contributed by atoms with Gasteiger partial charge in [0.1, 0.15) is 0 Å². The summed E-state index contributed by atoms with van der Waals surface area (Å²) in [5.41, 5.74) is 2.69. The van der Waals surface area contributed by atoms with Gasteiger partial charge in [-0.05, 0) is 29.7 Å². The lowest BCUT2D eigenvalue weighted by atomic mass is 9.78. The quantitative estimate of drug-likeness (QED) is 0.757. The zero-order valence-corrected chi connectivity index (χ0v) is 7.63. The first-order chi connectivity index (χ1) is 5.31. The van der Waals surface area contributed by atoms with E-state index in [4.69, 9.17) is 5.11 Å². The van der Waals surface area contributed by atoms with E-state index in [-0.39, 0.29) is 6.61 Å². The molecule has 0 saturated carbocycles. The highest BCUT2D eigenvalue weighted by Crippen LogP contribution is 2.35. The fourth-order valence-corrected chi connectivity index (χ4v) is 1.97. The Bertz CT molecular complexity index is 283. The minimum Gasteiger partial charge on any atom is -0.396 e. The fourth-order valence-electron chi connectivity index (χ4n) is 1.56. The Morgan fingerprint density at radius 2 is 2.36 bits per heavy atom. The molecular formula is C9H9BrO. The van der Waals surface area contributed by atoms with E-state index in [0.717, 1.165) is 10.9 Å². The van der Waals surface area contributed by atoms with Gasteiger partial charge in [-0.25, -0.2) is 0 Å². The van der Waals surface area contributed by atoms with Crippen LogP contribution in [0.4, 0.5) is 0 Å². The molecule has 0 saturated heterocycles. The summed E-state index contributed by atoms with van der Waals surface area (Å²) in [6, 6.07) is 6.24. The normalized spacial score (nSPS) is 20.7. The van der Waals surface area contributed by atoms with Crippen LogP contribution in [0.2, 0.25) is 0 Å². The number of benzene rings is 1. The van der Waals surface area contributed by atoms with Gasteiger partial charge in [-0.3, -0.25) is 0 Å². The van der Waals surface area contributed by atoms with Crippen molar-refractivity contribution < 1.29 is 5.11 Å². The molecule has 1 atom stereocenters. The van der Waals surface area contributed by atoms with Gasteiger partial charge in [0.2, 0.25) is 0 Å². The van der Waals surface area contributed by atoms with Crippen LogP contribution >= 0.6 is 15.9 Å². The molecule has 11 heavy (non-hydrogen) atoms. The summed E-state index contributed by atoms with van der Waals surface area (Å²) in [6.07, 6.45) is 1.03. The van der Waals surface area contributed by atoms with Crippen LogP contribution in [-0.2, 0) is 6.42 Å². The zero-order chi connectivity index (χ0) is 7.84. The van der Waals surface area contributed by atoms with E-state index in [9.17, 15) is 0 Å². The molecule has 2 rings (SSSR count). The number of hydrogen-bond acceptors (Lipinski definition) is 1.